The average molecular weight is 413 g/mol. The zero-order chi connectivity index (χ0) is 21.2. The summed E-state index contributed by atoms with van der Waals surface area (Å²) in [6.45, 7) is 4.96. The molecular weight excluding hydrogens is 390 g/mol. The minimum Gasteiger partial charge on any atom is -0.380 e. The monoisotopic (exact) mass is 413 g/mol. The first-order chi connectivity index (χ1) is 15.1. The molecular formula is C24H23N5O2. The predicted molar refractivity (Wildman–Crippen MR) is 122 cm³/mol. The van der Waals surface area contributed by atoms with Crippen LogP contribution in [-0.4, -0.2) is 34.4 Å². The molecule has 2 aliphatic heterocycles. The average Bonchev–Trinajstić information content (AvgIpc) is 3.50. The first-order valence-electron chi connectivity index (χ1n) is 10.9. The maximum atomic E-state index is 12.3. The number of para-hydroxylation sites is 1. The number of aromatic nitrogens is 3. The van der Waals surface area contributed by atoms with Crippen molar-refractivity contribution >= 4 is 22.3 Å². The van der Waals surface area contributed by atoms with Crippen molar-refractivity contribution in [3.8, 4) is 11.3 Å². The van der Waals surface area contributed by atoms with Crippen molar-refractivity contribution in [2.75, 3.05) is 29.9 Å². The van der Waals surface area contributed by atoms with Gasteiger partial charge in [-0.1, -0.05) is 18.2 Å². The van der Waals surface area contributed by atoms with E-state index >= 15 is 0 Å². The highest BCUT2D eigenvalue weighted by molar-refractivity contribution is 5.83. The second kappa shape index (κ2) is 6.51. The summed E-state index contributed by atoms with van der Waals surface area (Å²) in [5, 5.41) is 9.05. The van der Waals surface area contributed by atoms with Gasteiger partial charge in [0.2, 0.25) is 0 Å². The van der Waals surface area contributed by atoms with Crippen LogP contribution in [-0.2, 0) is 12.0 Å². The first kappa shape index (κ1) is 18.3. The molecule has 31 heavy (non-hydrogen) atoms. The Kier molecular flexibility index (Phi) is 3.84. The van der Waals surface area contributed by atoms with Gasteiger partial charge >= 0.3 is 0 Å². The van der Waals surface area contributed by atoms with Crippen LogP contribution in [0.15, 0.2) is 52.2 Å². The molecule has 4 heterocycles. The number of hydrogen-bond acceptors (Lipinski definition) is 6. The molecule has 6 rings (SSSR count). The molecule has 0 bridgehead atoms. The highest BCUT2D eigenvalue weighted by Gasteiger charge is 2.47. The number of anilines is 2. The molecule has 2 aromatic heterocycles. The van der Waals surface area contributed by atoms with Crippen LogP contribution in [0.3, 0.4) is 0 Å². The zero-order valence-corrected chi connectivity index (χ0v) is 17.4. The standard InChI is InChI=1S/C24H23N5O2/c1-2-25-20-21(23(31)22(20)30)28-9-7-24(14-28)8-10-29-19(24)12-18(27-29)16-11-15-5-3-4-6-17(15)26-13-16/h3-6,11-13,25H,2,7-10,14H2,1H3. The summed E-state index contributed by atoms with van der Waals surface area (Å²) in [7, 11) is 0. The highest BCUT2D eigenvalue weighted by Crippen LogP contribution is 2.45. The first-order valence-corrected chi connectivity index (χ1v) is 10.9. The van der Waals surface area contributed by atoms with E-state index in [-0.39, 0.29) is 16.3 Å². The topological polar surface area (TPSA) is 80.1 Å². The molecule has 0 saturated carbocycles. The summed E-state index contributed by atoms with van der Waals surface area (Å²) in [5.74, 6) is 0. The summed E-state index contributed by atoms with van der Waals surface area (Å²) in [6.07, 6.45) is 3.85. The number of pyridine rings is 1. The molecule has 1 unspecified atom stereocenters. The minimum absolute atomic E-state index is 0.0290. The van der Waals surface area contributed by atoms with Crippen LogP contribution in [0, 0.1) is 0 Å². The Balaban J connectivity index is 1.33. The fourth-order valence-electron chi connectivity index (χ4n) is 5.31. The second-order valence-corrected chi connectivity index (χ2v) is 8.67. The number of nitrogens with one attached hydrogen (secondary N) is 1. The summed E-state index contributed by atoms with van der Waals surface area (Å²) in [5.41, 5.74) is 4.43. The van der Waals surface area contributed by atoms with Gasteiger partial charge in [0.25, 0.3) is 10.9 Å². The molecule has 2 aliphatic rings. The normalized spacial score (nSPS) is 20.2. The zero-order valence-electron chi connectivity index (χ0n) is 17.4. The highest BCUT2D eigenvalue weighted by atomic mass is 16.2. The molecule has 7 heteroatoms. The molecule has 0 radical (unpaired) electrons. The van der Waals surface area contributed by atoms with Gasteiger partial charge in [-0.25, -0.2) is 0 Å². The third-order valence-electron chi connectivity index (χ3n) is 6.92. The number of aryl methyl sites for hydroxylation is 1. The summed E-state index contributed by atoms with van der Waals surface area (Å²) < 4.78 is 2.11. The smallest absolute Gasteiger partial charge is 0.253 e. The van der Waals surface area contributed by atoms with Crippen LogP contribution >= 0.6 is 0 Å². The fraction of sp³-hybridized carbons (Fsp3) is 0.333. The lowest BCUT2D eigenvalue weighted by atomic mass is 9.82. The Labute approximate surface area is 179 Å². The van der Waals surface area contributed by atoms with Crippen LogP contribution in [0.5, 0.6) is 0 Å². The van der Waals surface area contributed by atoms with E-state index in [4.69, 9.17) is 5.10 Å². The van der Waals surface area contributed by atoms with Gasteiger partial charge in [0, 0.05) is 54.4 Å². The van der Waals surface area contributed by atoms with Crippen LogP contribution in [0.4, 0.5) is 11.4 Å². The minimum atomic E-state index is -0.389. The quantitative estimate of drug-likeness (QED) is 0.518. The van der Waals surface area contributed by atoms with E-state index in [1.165, 1.54) is 5.69 Å². The summed E-state index contributed by atoms with van der Waals surface area (Å²) >= 11 is 0. The Morgan fingerprint density at radius 2 is 1.94 bits per heavy atom. The van der Waals surface area contributed by atoms with Crippen molar-refractivity contribution in [3.63, 3.8) is 0 Å². The van der Waals surface area contributed by atoms with Gasteiger partial charge in [0.05, 0.1) is 11.2 Å². The van der Waals surface area contributed by atoms with Crippen LogP contribution in [0.2, 0.25) is 0 Å². The van der Waals surface area contributed by atoms with Crippen LogP contribution in [0.25, 0.3) is 22.2 Å². The predicted octanol–water partition coefficient (Wildman–Crippen LogP) is 2.68. The van der Waals surface area contributed by atoms with Gasteiger partial charge < -0.3 is 10.2 Å². The number of fused-ring (bicyclic) bond motifs is 3. The van der Waals surface area contributed by atoms with Gasteiger partial charge in [-0.15, -0.1) is 0 Å². The third-order valence-corrected chi connectivity index (χ3v) is 6.92. The van der Waals surface area contributed by atoms with Crippen LogP contribution in [0.1, 0.15) is 25.5 Å². The fourth-order valence-corrected chi connectivity index (χ4v) is 5.31. The van der Waals surface area contributed by atoms with Gasteiger partial charge in [-0.05, 0) is 38.0 Å². The Morgan fingerprint density at radius 1 is 1.10 bits per heavy atom. The summed E-state index contributed by atoms with van der Waals surface area (Å²) in [4.78, 5) is 30.9. The van der Waals surface area contributed by atoms with Crippen molar-refractivity contribution in [2.45, 2.75) is 31.7 Å². The molecule has 1 atom stereocenters. The van der Waals surface area contributed by atoms with E-state index < -0.39 is 0 Å². The van der Waals surface area contributed by atoms with E-state index in [2.05, 4.69) is 38.1 Å². The molecule has 2 aromatic carbocycles. The van der Waals surface area contributed by atoms with Crippen LogP contribution < -0.4 is 21.1 Å². The van der Waals surface area contributed by atoms with Gasteiger partial charge in [-0.3, -0.25) is 19.3 Å². The van der Waals surface area contributed by atoms with Gasteiger partial charge in [-0.2, -0.15) is 5.10 Å². The van der Waals surface area contributed by atoms with Crippen molar-refractivity contribution in [1.82, 2.24) is 14.8 Å². The lowest BCUT2D eigenvalue weighted by Crippen LogP contribution is -2.43. The Bertz CT molecular complexity index is 1400. The molecule has 1 spiro atoms. The van der Waals surface area contributed by atoms with E-state index in [1.807, 2.05) is 31.3 Å². The Morgan fingerprint density at radius 3 is 2.81 bits per heavy atom. The summed E-state index contributed by atoms with van der Waals surface area (Å²) in [6, 6.07) is 12.4. The van der Waals surface area contributed by atoms with E-state index in [1.54, 1.807) is 0 Å². The molecule has 1 fully saturated rings. The molecule has 0 aliphatic carbocycles. The van der Waals surface area contributed by atoms with Crippen molar-refractivity contribution in [1.29, 1.82) is 0 Å². The largest absolute Gasteiger partial charge is 0.380 e. The Hall–Kier alpha value is -3.48. The second-order valence-electron chi connectivity index (χ2n) is 8.67. The molecule has 1 N–H and O–H groups in total. The number of benzene rings is 1. The molecule has 7 nitrogen and oxygen atoms in total. The maximum Gasteiger partial charge on any atom is 0.253 e. The molecule has 0 amide bonds. The van der Waals surface area contributed by atoms with Gasteiger partial charge in [0.1, 0.15) is 11.4 Å². The molecule has 156 valence electrons. The third kappa shape index (κ3) is 2.59. The molecule has 1 saturated heterocycles. The van der Waals surface area contributed by atoms with Crippen molar-refractivity contribution < 1.29 is 0 Å². The maximum absolute atomic E-state index is 12.3. The lowest BCUT2D eigenvalue weighted by molar-refractivity contribution is 0.472. The van der Waals surface area contributed by atoms with E-state index in [9.17, 15) is 9.59 Å². The van der Waals surface area contributed by atoms with Crippen molar-refractivity contribution in [2.24, 2.45) is 0 Å². The lowest BCUT2D eigenvalue weighted by Gasteiger charge is -2.26. The number of nitrogens with zero attached hydrogens (tertiary/aromatic N) is 4. The SMILES string of the molecule is CCNc1c(N2CCC3(CCn4nc(-c5cnc6ccccc6c5)cc43)C2)c(=O)c1=O. The van der Waals surface area contributed by atoms with E-state index in [0.29, 0.717) is 17.9 Å². The van der Waals surface area contributed by atoms with E-state index in [0.717, 1.165) is 54.6 Å². The number of hydrogen-bond donors (Lipinski definition) is 1. The van der Waals surface area contributed by atoms with Crippen molar-refractivity contribution in [3.05, 3.63) is 68.7 Å². The van der Waals surface area contributed by atoms with Gasteiger partial charge in [0.15, 0.2) is 0 Å². The number of rotatable bonds is 4. The molecule has 4 aromatic rings.